The molecule has 0 radical (unpaired) electrons. The van der Waals surface area contributed by atoms with Crippen molar-refractivity contribution in [3.05, 3.63) is 70.4 Å². The molecule has 2 aliphatic rings. The maximum absolute atomic E-state index is 13.1. The van der Waals surface area contributed by atoms with Gasteiger partial charge in [-0.25, -0.2) is 14.8 Å². The molecule has 0 atom stereocenters. The van der Waals surface area contributed by atoms with Gasteiger partial charge in [-0.3, -0.25) is 0 Å². The third-order valence-corrected chi connectivity index (χ3v) is 7.27. The summed E-state index contributed by atoms with van der Waals surface area (Å²) in [6, 6.07) is 15.6. The molecular formula is C27H30ClN5O. The van der Waals surface area contributed by atoms with E-state index in [4.69, 9.17) is 21.6 Å². The number of piperidine rings is 1. The Morgan fingerprint density at radius 1 is 1.06 bits per heavy atom. The molecule has 3 heterocycles. The molecule has 1 fully saturated rings. The molecule has 7 heteroatoms. The first-order valence-electron chi connectivity index (χ1n) is 12.0. The Bertz CT molecular complexity index is 1190. The average Bonchev–Trinajstić information content (AvgIpc) is 2.86. The first kappa shape index (κ1) is 22.7. The number of rotatable bonds is 3. The zero-order valence-corrected chi connectivity index (χ0v) is 20.5. The van der Waals surface area contributed by atoms with E-state index in [-0.39, 0.29) is 6.03 Å². The van der Waals surface area contributed by atoms with Crippen LogP contribution in [0.3, 0.4) is 0 Å². The van der Waals surface area contributed by atoms with E-state index >= 15 is 0 Å². The summed E-state index contributed by atoms with van der Waals surface area (Å²) in [4.78, 5) is 27.3. The monoisotopic (exact) mass is 475 g/mol. The van der Waals surface area contributed by atoms with Crippen molar-refractivity contribution in [2.24, 2.45) is 5.92 Å². The second-order valence-corrected chi connectivity index (χ2v) is 9.80. The first-order valence-corrected chi connectivity index (χ1v) is 12.4. The van der Waals surface area contributed by atoms with Gasteiger partial charge in [-0.2, -0.15) is 0 Å². The van der Waals surface area contributed by atoms with Crippen LogP contribution in [0.1, 0.15) is 36.6 Å². The molecule has 6 nitrogen and oxygen atoms in total. The van der Waals surface area contributed by atoms with E-state index in [0.717, 1.165) is 65.9 Å². The van der Waals surface area contributed by atoms with E-state index in [1.165, 1.54) is 0 Å². The predicted molar refractivity (Wildman–Crippen MR) is 137 cm³/mol. The molecule has 34 heavy (non-hydrogen) atoms. The van der Waals surface area contributed by atoms with Crippen molar-refractivity contribution in [1.29, 1.82) is 0 Å². The number of anilines is 2. The molecule has 0 unspecified atom stereocenters. The standard InChI is InChI=1S/C27H30ClN5O/c1-18-10-13-32(14-11-18)26-22-17-33(27(34)29-21-9-8-19(2)23(28)16-21)15-12-24(22)30-25(31-26)20-6-4-3-5-7-20/h3-9,16,18H,10-15,17H2,1-2H3,(H,29,34). The van der Waals surface area contributed by atoms with Crippen LogP contribution in [-0.4, -0.2) is 40.5 Å². The summed E-state index contributed by atoms with van der Waals surface area (Å²) >= 11 is 6.25. The molecule has 1 saturated heterocycles. The third-order valence-electron chi connectivity index (χ3n) is 6.86. The second-order valence-electron chi connectivity index (χ2n) is 9.40. The average molecular weight is 476 g/mol. The SMILES string of the molecule is Cc1ccc(NC(=O)N2CCc3nc(-c4ccccc4)nc(N4CCC(C)CC4)c3C2)cc1Cl. The van der Waals surface area contributed by atoms with E-state index in [9.17, 15) is 4.79 Å². The van der Waals surface area contributed by atoms with Crippen LogP contribution < -0.4 is 10.2 Å². The number of carbonyl (C=O) groups is 1. The van der Waals surface area contributed by atoms with Crippen LogP contribution in [0.25, 0.3) is 11.4 Å². The normalized spacial score (nSPS) is 16.3. The maximum atomic E-state index is 13.1. The summed E-state index contributed by atoms with van der Waals surface area (Å²) in [7, 11) is 0. The van der Waals surface area contributed by atoms with E-state index < -0.39 is 0 Å². The van der Waals surface area contributed by atoms with Crippen LogP contribution in [0.4, 0.5) is 16.3 Å². The second kappa shape index (κ2) is 9.63. The molecule has 2 amide bonds. The Hall–Kier alpha value is -3.12. The van der Waals surface area contributed by atoms with Crippen molar-refractivity contribution < 1.29 is 4.79 Å². The Morgan fingerprint density at radius 3 is 2.56 bits per heavy atom. The van der Waals surface area contributed by atoms with E-state index in [1.807, 2.05) is 42.2 Å². The number of hydrogen-bond acceptors (Lipinski definition) is 4. The fraction of sp³-hybridized carbons (Fsp3) is 0.370. The van der Waals surface area contributed by atoms with E-state index in [0.29, 0.717) is 30.2 Å². The minimum absolute atomic E-state index is 0.129. The topological polar surface area (TPSA) is 61.4 Å². The van der Waals surface area contributed by atoms with Gasteiger partial charge in [0, 0.05) is 47.9 Å². The van der Waals surface area contributed by atoms with Gasteiger partial charge in [0.1, 0.15) is 5.82 Å². The lowest BCUT2D eigenvalue weighted by molar-refractivity contribution is 0.206. The van der Waals surface area contributed by atoms with E-state index in [1.54, 1.807) is 6.07 Å². The lowest BCUT2D eigenvalue weighted by Gasteiger charge is -2.36. The highest BCUT2D eigenvalue weighted by Gasteiger charge is 2.29. The minimum atomic E-state index is -0.129. The summed E-state index contributed by atoms with van der Waals surface area (Å²) in [6.07, 6.45) is 3.01. The quantitative estimate of drug-likeness (QED) is 0.509. The lowest BCUT2D eigenvalue weighted by Crippen LogP contribution is -2.41. The zero-order valence-electron chi connectivity index (χ0n) is 19.7. The van der Waals surface area contributed by atoms with Gasteiger partial charge in [0.25, 0.3) is 0 Å². The molecule has 0 aliphatic carbocycles. The number of nitrogens with zero attached hydrogens (tertiary/aromatic N) is 4. The van der Waals surface area contributed by atoms with Crippen molar-refractivity contribution in [1.82, 2.24) is 14.9 Å². The van der Waals surface area contributed by atoms with Crippen LogP contribution in [0.2, 0.25) is 5.02 Å². The zero-order chi connectivity index (χ0) is 23.7. The molecule has 176 valence electrons. The van der Waals surface area contributed by atoms with E-state index in [2.05, 4.69) is 29.3 Å². The van der Waals surface area contributed by atoms with Crippen molar-refractivity contribution in [2.75, 3.05) is 29.9 Å². The fourth-order valence-electron chi connectivity index (χ4n) is 4.64. The summed E-state index contributed by atoms with van der Waals surface area (Å²) in [5, 5.41) is 3.64. The molecule has 5 rings (SSSR count). The molecule has 0 spiro atoms. The molecule has 1 N–H and O–H groups in total. The number of nitrogens with one attached hydrogen (secondary N) is 1. The van der Waals surface area contributed by atoms with Gasteiger partial charge in [0.15, 0.2) is 5.82 Å². The van der Waals surface area contributed by atoms with Crippen LogP contribution >= 0.6 is 11.6 Å². The number of amides is 2. The molecular weight excluding hydrogens is 446 g/mol. The van der Waals surface area contributed by atoms with Gasteiger partial charge in [0.05, 0.1) is 12.2 Å². The number of aryl methyl sites for hydroxylation is 1. The number of carbonyl (C=O) groups excluding carboxylic acids is 1. The van der Waals surface area contributed by atoms with Crippen LogP contribution in [0.5, 0.6) is 0 Å². The van der Waals surface area contributed by atoms with Crippen LogP contribution in [0, 0.1) is 12.8 Å². The highest BCUT2D eigenvalue weighted by molar-refractivity contribution is 6.31. The molecule has 3 aromatic rings. The number of benzene rings is 2. The largest absolute Gasteiger partial charge is 0.356 e. The first-order chi connectivity index (χ1) is 16.5. The summed E-state index contributed by atoms with van der Waals surface area (Å²) in [5.41, 5.74) is 4.82. The van der Waals surface area contributed by atoms with Crippen molar-refractivity contribution in [3.8, 4) is 11.4 Å². The Labute approximate surface area is 206 Å². The van der Waals surface area contributed by atoms with Gasteiger partial charge in [0.2, 0.25) is 0 Å². The highest BCUT2D eigenvalue weighted by atomic mass is 35.5. The Morgan fingerprint density at radius 2 is 1.82 bits per heavy atom. The number of urea groups is 1. The number of halogens is 1. The van der Waals surface area contributed by atoms with Gasteiger partial charge >= 0.3 is 6.03 Å². The summed E-state index contributed by atoms with van der Waals surface area (Å²) < 4.78 is 0. The van der Waals surface area contributed by atoms with Crippen molar-refractivity contribution in [3.63, 3.8) is 0 Å². The smallest absolute Gasteiger partial charge is 0.322 e. The molecule has 0 saturated carbocycles. The van der Waals surface area contributed by atoms with Gasteiger partial charge in [-0.05, 0) is 43.4 Å². The molecule has 1 aromatic heterocycles. The van der Waals surface area contributed by atoms with Crippen molar-refractivity contribution in [2.45, 2.75) is 39.7 Å². The van der Waals surface area contributed by atoms with Gasteiger partial charge in [-0.15, -0.1) is 0 Å². The number of fused-ring (bicyclic) bond motifs is 1. The maximum Gasteiger partial charge on any atom is 0.322 e. The number of aromatic nitrogens is 2. The van der Waals surface area contributed by atoms with Crippen LogP contribution in [-0.2, 0) is 13.0 Å². The summed E-state index contributed by atoms with van der Waals surface area (Å²) in [6.45, 7) is 7.32. The molecule has 2 aromatic carbocycles. The third kappa shape index (κ3) is 4.73. The predicted octanol–water partition coefficient (Wildman–Crippen LogP) is 5.93. The molecule has 2 aliphatic heterocycles. The van der Waals surface area contributed by atoms with Gasteiger partial charge in [-0.1, -0.05) is 54.9 Å². The molecule has 0 bridgehead atoms. The summed E-state index contributed by atoms with van der Waals surface area (Å²) in [5.74, 6) is 2.47. The lowest BCUT2D eigenvalue weighted by atomic mass is 9.98. The minimum Gasteiger partial charge on any atom is -0.356 e. The van der Waals surface area contributed by atoms with Gasteiger partial charge < -0.3 is 15.1 Å². The Kier molecular flexibility index (Phi) is 6.42. The van der Waals surface area contributed by atoms with Crippen molar-refractivity contribution >= 4 is 29.1 Å². The number of hydrogen-bond donors (Lipinski definition) is 1. The Balaban J connectivity index is 1.44. The fourth-order valence-corrected chi connectivity index (χ4v) is 4.82. The highest BCUT2D eigenvalue weighted by Crippen LogP contribution is 2.32. The van der Waals surface area contributed by atoms with Crippen LogP contribution in [0.15, 0.2) is 48.5 Å².